The number of benzene rings is 1. The Morgan fingerprint density at radius 2 is 1.92 bits per heavy atom. The van der Waals surface area contributed by atoms with Crippen LogP contribution in [0.3, 0.4) is 0 Å². The van der Waals surface area contributed by atoms with Gasteiger partial charge in [-0.15, -0.1) is 0 Å². The van der Waals surface area contributed by atoms with Crippen molar-refractivity contribution in [1.29, 1.82) is 0 Å². The normalized spacial score (nSPS) is 21.4. The third-order valence-corrected chi connectivity index (χ3v) is 6.73. The number of hydrogen-bond acceptors (Lipinski definition) is 7. The van der Waals surface area contributed by atoms with Gasteiger partial charge in [0.25, 0.3) is 0 Å². The molecule has 0 aliphatic carbocycles. The van der Waals surface area contributed by atoms with Gasteiger partial charge in [0.1, 0.15) is 17.4 Å². The summed E-state index contributed by atoms with van der Waals surface area (Å²) in [6.45, 7) is 7.47. The Balaban J connectivity index is 1.45. The van der Waals surface area contributed by atoms with E-state index in [1.165, 1.54) is 12.1 Å². The Kier molecular flexibility index (Phi) is 6.76. The van der Waals surface area contributed by atoms with E-state index in [4.69, 9.17) is 10.5 Å². The van der Waals surface area contributed by atoms with Gasteiger partial charge in [-0.3, -0.25) is 4.98 Å². The van der Waals surface area contributed by atoms with Crippen LogP contribution in [0, 0.1) is 17.6 Å². The van der Waals surface area contributed by atoms with Crippen molar-refractivity contribution in [3.63, 3.8) is 0 Å². The lowest BCUT2D eigenvalue weighted by Gasteiger charge is -2.37. The molecule has 10 heteroatoms. The fourth-order valence-electron chi connectivity index (χ4n) is 5.27. The largest absolute Gasteiger partial charge is 0.491 e. The topological polar surface area (TPSA) is 84.5 Å². The number of nitrogens with two attached hydrogens (primary N) is 1. The van der Waals surface area contributed by atoms with E-state index in [0.29, 0.717) is 11.9 Å². The summed E-state index contributed by atoms with van der Waals surface area (Å²) in [5.74, 6) is -0.183. The Morgan fingerprint density at radius 3 is 2.62 bits per heavy atom. The van der Waals surface area contributed by atoms with E-state index in [2.05, 4.69) is 27.1 Å². The standard InChI is InChI=1S/C27H33F2N7O/c1-16(2)37-20-10-21(28)26(22(29)11-20)25-6-5-19-12-32-27(36(19)34(25)4)33-23-13-31-8-7-24(23)35-14-17(3)9-18(30)15-35/h5-8,10-13,16-18,25H,9,14-15,30H2,1-4H3,(H,32,33)/t17-,18+,25?/m1/s1. The van der Waals surface area contributed by atoms with Crippen LogP contribution in [0.2, 0.25) is 0 Å². The van der Waals surface area contributed by atoms with Crippen molar-refractivity contribution in [2.45, 2.75) is 45.4 Å². The average molecular weight is 510 g/mol. The van der Waals surface area contributed by atoms with Gasteiger partial charge in [-0.05, 0) is 38.3 Å². The molecule has 2 aliphatic heterocycles. The predicted molar refractivity (Wildman–Crippen MR) is 142 cm³/mol. The van der Waals surface area contributed by atoms with E-state index >= 15 is 8.78 Å². The highest BCUT2D eigenvalue weighted by Crippen LogP contribution is 2.36. The van der Waals surface area contributed by atoms with Gasteiger partial charge in [0.05, 0.1) is 47.2 Å². The molecule has 2 aliphatic rings. The van der Waals surface area contributed by atoms with Crippen LogP contribution in [-0.2, 0) is 0 Å². The van der Waals surface area contributed by atoms with Gasteiger partial charge in [0.2, 0.25) is 5.95 Å². The zero-order chi connectivity index (χ0) is 26.3. The maximum Gasteiger partial charge on any atom is 0.227 e. The van der Waals surface area contributed by atoms with E-state index < -0.39 is 17.7 Å². The molecule has 3 aromatic rings. The number of aromatic nitrogens is 3. The fraction of sp³-hybridized carbons (Fsp3) is 0.407. The molecule has 3 N–H and O–H groups in total. The number of nitrogens with zero attached hydrogens (tertiary/aromatic N) is 5. The molecule has 0 spiro atoms. The monoisotopic (exact) mass is 509 g/mol. The summed E-state index contributed by atoms with van der Waals surface area (Å²) in [6, 6.07) is 3.84. The maximum absolute atomic E-state index is 15.1. The predicted octanol–water partition coefficient (Wildman–Crippen LogP) is 4.60. The second kappa shape index (κ2) is 10.0. The van der Waals surface area contributed by atoms with E-state index in [0.717, 1.165) is 36.6 Å². The van der Waals surface area contributed by atoms with Crippen LogP contribution in [0.5, 0.6) is 5.75 Å². The Bertz CT molecular complexity index is 1270. The first-order valence-corrected chi connectivity index (χ1v) is 12.6. The van der Waals surface area contributed by atoms with Crippen LogP contribution >= 0.6 is 0 Å². The minimum absolute atomic E-state index is 0.0569. The number of nitrogens with one attached hydrogen (secondary N) is 1. The minimum Gasteiger partial charge on any atom is -0.491 e. The van der Waals surface area contributed by atoms with Crippen LogP contribution in [-0.4, -0.2) is 46.9 Å². The number of halogens is 2. The Morgan fingerprint density at radius 1 is 1.16 bits per heavy atom. The van der Waals surface area contributed by atoms with Gasteiger partial charge in [-0.2, -0.15) is 0 Å². The van der Waals surface area contributed by atoms with Crippen molar-refractivity contribution in [3.05, 3.63) is 65.8 Å². The molecule has 0 radical (unpaired) electrons. The number of rotatable bonds is 6. The van der Waals surface area contributed by atoms with Gasteiger partial charge in [-0.25, -0.2) is 18.4 Å². The summed E-state index contributed by atoms with van der Waals surface area (Å²) in [5, 5.41) is 5.15. The number of anilines is 3. The molecule has 37 heavy (non-hydrogen) atoms. The Labute approximate surface area is 215 Å². The molecule has 1 aromatic carbocycles. The first-order valence-electron chi connectivity index (χ1n) is 12.6. The van der Waals surface area contributed by atoms with Crippen LogP contribution in [0.4, 0.5) is 26.1 Å². The van der Waals surface area contributed by atoms with E-state index in [1.807, 2.05) is 30.7 Å². The summed E-state index contributed by atoms with van der Waals surface area (Å²) < 4.78 is 37.6. The Hall–Kier alpha value is -3.66. The van der Waals surface area contributed by atoms with Gasteiger partial charge in [-0.1, -0.05) is 13.0 Å². The molecular formula is C27H33F2N7O. The average Bonchev–Trinajstić information content (AvgIpc) is 3.23. The van der Waals surface area contributed by atoms with Crippen molar-refractivity contribution in [2.75, 3.05) is 35.4 Å². The molecule has 3 atom stereocenters. The van der Waals surface area contributed by atoms with Crippen LogP contribution in [0.25, 0.3) is 6.08 Å². The molecule has 196 valence electrons. The quantitative estimate of drug-likeness (QED) is 0.503. The molecule has 4 heterocycles. The van der Waals surface area contributed by atoms with Crippen molar-refractivity contribution in [3.8, 4) is 5.75 Å². The minimum atomic E-state index is -0.690. The number of ether oxygens (including phenoxy) is 1. The number of likely N-dealkylation sites (N-methyl/N-ethyl adjacent to an activating group) is 1. The third kappa shape index (κ3) is 4.98. The molecule has 8 nitrogen and oxygen atoms in total. The SMILES string of the molecule is CC(C)Oc1cc(F)c(C2C=Cc3cnc(Nc4cnccc4N4C[C@H](C)C[C@H](N)C4)n3N2C)c(F)c1. The summed E-state index contributed by atoms with van der Waals surface area (Å²) >= 11 is 0. The van der Waals surface area contributed by atoms with Gasteiger partial charge in [0, 0.05) is 44.5 Å². The van der Waals surface area contributed by atoms with Gasteiger partial charge >= 0.3 is 0 Å². The molecule has 2 aromatic heterocycles. The lowest BCUT2D eigenvalue weighted by molar-refractivity contribution is 0.240. The number of fused-ring (bicyclic) bond motifs is 1. The molecule has 0 bridgehead atoms. The fourth-order valence-corrected chi connectivity index (χ4v) is 5.27. The summed E-state index contributed by atoms with van der Waals surface area (Å²) in [4.78, 5) is 11.1. The lowest BCUT2D eigenvalue weighted by atomic mass is 9.96. The first kappa shape index (κ1) is 25.0. The second-order valence-corrected chi connectivity index (χ2v) is 10.2. The van der Waals surface area contributed by atoms with Gasteiger partial charge < -0.3 is 25.7 Å². The third-order valence-electron chi connectivity index (χ3n) is 6.73. The molecule has 1 saturated heterocycles. The smallest absolute Gasteiger partial charge is 0.227 e. The highest BCUT2D eigenvalue weighted by Gasteiger charge is 2.30. The van der Waals surface area contributed by atoms with Crippen molar-refractivity contribution in [2.24, 2.45) is 11.7 Å². The van der Waals surface area contributed by atoms with E-state index in [-0.39, 0.29) is 23.5 Å². The first-order chi connectivity index (χ1) is 17.7. The summed E-state index contributed by atoms with van der Waals surface area (Å²) in [7, 11) is 1.78. The van der Waals surface area contributed by atoms with E-state index in [1.54, 1.807) is 36.7 Å². The van der Waals surface area contributed by atoms with Crippen molar-refractivity contribution < 1.29 is 13.5 Å². The number of imidazole rings is 1. The highest BCUT2D eigenvalue weighted by atomic mass is 19.1. The number of piperidine rings is 1. The van der Waals surface area contributed by atoms with Crippen LogP contribution in [0.15, 0.2) is 42.9 Å². The molecule has 0 amide bonds. The van der Waals surface area contributed by atoms with Crippen LogP contribution < -0.4 is 25.7 Å². The van der Waals surface area contributed by atoms with E-state index in [9.17, 15) is 0 Å². The van der Waals surface area contributed by atoms with Gasteiger partial charge in [0.15, 0.2) is 0 Å². The zero-order valence-corrected chi connectivity index (χ0v) is 21.5. The molecule has 1 fully saturated rings. The lowest BCUT2D eigenvalue weighted by Crippen LogP contribution is -2.46. The molecular weight excluding hydrogens is 476 g/mol. The van der Waals surface area contributed by atoms with Crippen molar-refractivity contribution in [1.82, 2.24) is 14.6 Å². The zero-order valence-electron chi connectivity index (χ0n) is 21.5. The highest BCUT2D eigenvalue weighted by molar-refractivity contribution is 5.73. The van der Waals surface area contributed by atoms with Crippen molar-refractivity contribution >= 4 is 23.4 Å². The van der Waals surface area contributed by atoms with Crippen LogP contribution in [0.1, 0.15) is 44.5 Å². The molecule has 0 saturated carbocycles. The summed E-state index contributed by atoms with van der Waals surface area (Å²) in [5.41, 5.74) is 8.79. The maximum atomic E-state index is 15.1. The molecule has 1 unspecified atom stereocenters. The summed E-state index contributed by atoms with van der Waals surface area (Å²) in [6.07, 6.45) is 9.61. The second-order valence-electron chi connectivity index (χ2n) is 10.2. The molecule has 5 rings (SSSR count). The number of hydrogen-bond donors (Lipinski definition) is 2. The number of pyridine rings is 1.